The summed E-state index contributed by atoms with van der Waals surface area (Å²) < 4.78 is 0. The minimum absolute atomic E-state index is 0.124. The van der Waals surface area contributed by atoms with Crippen molar-refractivity contribution in [3.05, 3.63) is 16.3 Å². The van der Waals surface area contributed by atoms with Gasteiger partial charge in [0.05, 0.1) is 5.69 Å². The first-order valence-corrected chi connectivity index (χ1v) is 6.76. The van der Waals surface area contributed by atoms with Gasteiger partial charge in [-0.1, -0.05) is 6.92 Å². The molecule has 1 amide bonds. The molecule has 3 nitrogen and oxygen atoms in total. The second kappa shape index (κ2) is 4.87. The second-order valence-electron chi connectivity index (χ2n) is 4.26. The number of carbonyl (C=O) groups is 1. The normalized spacial score (nSPS) is 21.1. The minimum atomic E-state index is 0.124. The molecule has 1 saturated heterocycles. The Kier molecular flexibility index (Phi) is 3.49. The zero-order chi connectivity index (χ0) is 11.5. The Morgan fingerprint density at radius 1 is 1.62 bits per heavy atom. The summed E-state index contributed by atoms with van der Waals surface area (Å²) in [6.45, 7) is 3.03. The van der Waals surface area contributed by atoms with Crippen molar-refractivity contribution in [3.8, 4) is 0 Å². The first-order chi connectivity index (χ1) is 7.74. The third-order valence-corrected chi connectivity index (χ3v) is 4.17. The summed E-state index contributed by atoms with van der Waals surface area (Å²) in [4.78, 5) is 15.0. The van der Waals surface area contributed by atoms with Gasteiger partial charge in [-0.3, -0.25) is 4.79 Å². The van der Waals surface area contributed by atoms with Gasteiger partial charge in [0.2, 0.25) is 0 Å². The number of hydrogen-bond donors (Lipinski definition) is 1. The number of rotatable bonds is 2. The lowest BCUT2D eigenvalue weighted by Crippen LogP contribution is -2.43. The molecule has 0 radical (unpaired) electrons. The summed E-state index contributed by atoms with van der Waals surface area (Å²) in [5, 5.41) is 1.88. The molecule has 1 aromatic rings. The number of amides is 1. The molecule has 1 atom stereocenters. The number of nitrogen functional groups attached to an aromatic ring is 1. The van der Waals surface area contributed by atoms with E-state index in [9.17, 15) is 4.79 Å². The van der Waals surface area contributed by atoms with Crippen LogP contribution < -0.4 is 5.73 Å². The fraction of sp³-hybridized carbons (Fsp3) is 0.583. The van der Waals surface area contributed by atoms with E-state index in [-0.39, 0.29) is 5.91 Å². The molecule has 0 saturated carbocycles. The highest BCUT2D eigenvalue weighted by Crippen LogP contribution is 2.26. The van der Waals surface area contributed by atoms with Crippen LogP contribution >= 0.6 is 11.3 Å². The van der Waals surface area contributed by atoms with E-state index >= 15 is 0 Å². The number of carbonyl (C=O) groups excluding carboxylic acids is 1. The molecule has 0 spiro atoms. The van der Waals surface area contributed by atoms with Gasteiger partial charge in [0.25, 0.3) is 5.91 Å². The van der Waals surface area contributed by atoms with Crippen LogP contribution in [0.25, 0.3) is 0 Å². The Balaban J connectivity index is 2.17. The van der Waals surface area contributed by atoms with E-state index in [1.807, 2.05) is 16.3 Å². The monoisotopic (exact) mass is 238 g/mol. The van der Waals surface area contributed by atoms with Crippen LogP contribution in [-0.2, 0) is 0 Å². The number of thiophene rings is 1. The van der Waals surface area contributed by atoms with Crippen molar-refractivity contribution >= 4 is 22.9 Å². The predicted octanol–water partition coefficient (Wildman–Crippen LogP) is 2.74. The molecule has 2 rings (SSSR count). The van der Waals surface area contributed by atoms with Crippen molar-refractivity contribution in [2.75, 3.05) is 12.3 Å². The van der Waals surface area contributed by atoms with Crippen LogP contribution in [0.1, 0.15) is 42.3 Å². The lowest BCUT2D eigenvalue weighted by Gasteiger charge is -2.35. The number of piperidine rings is 1. The van der Waals surface area contributed by atoms with Crippen LogP contribution in [0, 0.1) is 0 Å². The molecule has 0 aliphatic carbocycles. The molecule has 1 aromatic heterocycles. The van der Waals surface area contributed by atoms with Crippen LogP contribution in [0.15, 0.2) is 11.4 Å². The zero-order valence-electron chi connectivity index (χ0n) is 9.61. The van der Waals surface area contributed by atoms with E-state index in [0.29, 0.717) is 16.6 Å². The highest BCUT2D eigenvalue weighted by Gasteiger charge is 2.27. The number of likely N-dealkylation sites (tertiary alicyclic amines) is 1. The number of nitrogens with two attached hydrogens (primary N) is 1. The van der Waals surface area contributed by atoms with Crippen LogP contribution in [0.3, 0.4) is 0 Å². The van der Waals surface area contributed by atoms with Crippen molar-refractivity contribution < 1.29 is 4.79 Å². The van der Waals surface area contributed by atoms with Crippen molar-refractivity contribution in [1.29, 1.82) is 0 Å². The molecule has 1 aliphatic rings. The van der Waals surface area contributed by atoms with Crippen LogP contribution in [0.5, 0.6) is 0 Å². The molecular formula is C12H18N2OS. The lowest BCUT2D eigenvalue weighted by molar-refractivity contribution is 0.0614. The highest BCUT2D eigenvalue weighted by molar-refractivity contribution is 7.12. The average molecular weight is 238 g/mol. The summed E-state index contributed by atoms with van der Waals surface area (Å²) in [6.07, 6.45) is 4.53. The van der Waals surface area contributed by atoms with E-state index < -0.39 is 0 Å². The maximum atomic E-state index is 12.3. The summed E-state index contributed by atoms with van der Waals surface area (Å²) in [5.74, 6) is 0.124. The van der Waals surface area contributed by atoms with E-state index in [1.54, 1.807) is 0 Å². The zero-order valence-corrected chi connectivity index (χ0v) is 10.4. The topological polar surface area (TPSA) is 46.3 Å². The number of anilines is 1. The first-order valence-electron chi connectivity index (χ1n) is 5.88. The Labute approximate surface area is 100 Å². The van der Waals surface area contributed by atoms with Crippen molar-refractivity contribution in [2.45, 2.75) is 38.6 Å². The molecule has 0 aromatic carbocycles. The Morgan fingerprint density at radius 3 is 3.06 bits per heavy atom. The Morgan fingerprint density at radius 2 is 2.44 bits per heavy atom. The third kappa shape index (κ3) is 2.07. The molecule has 2 N–H and O–H groups in total. The molecule has 4 heteroatoms. The molecule has 16 heavy (non-hydrogen) atoms. The van der Waals surface area contributed by atoms with Gasteiger partial charge in [0.1, 0.15) is 4.88 Å². The van der Waals surface area contributed by atoms with Gasteiger partial charge in [-0.2, -0.15) is 0 Å². The van der Waals surface area contributed by atoms with Gasteiger partial charge < -0.3 is 10.6 Å². The van der Waals surface area contributed by atoms with Crippen LogP contribution in [0.2, 0.25) is 0 Å². The van der Waals surface area contributed by atoms with E-state index in [1.165, 1.54) is 17.8 Å². The predicted molar refractivity (Wildman–Crippen MR) is 67.7 cm³/mol. The third-order valence-electron chi connectivity index (χ3n) is 3.25. The van der Waals surface area contributed by atoms with Crippen LogP contribution in [0.4, 0.5) is 5.69 Å². The summed E-state index contributed by atoms with van der Waals surface area (Å²) in [7, 11) is 0. The minimum Gasteiger partial charge on any atom is -0.397 e. The maximum absolute atomic E-state index is 12.3. The van der Waals surface area contributed by atoms with Crippen molar-refractivity contribution in [2.24, 2.45) is 0 Å². The van der Waals surface area contributed by atoms with Gasteiger partial charge in [-0.25, -0.2) is 0 Å². The van der Waals surface area contributed by atoms with Gasteiger partial charge >= 0.3 is 0 Å². The smallest absolute Gasteiger partial charge is 0.266 e. The van der Waals surface area contributed by atoms with E-state index in [2.05, 4.69) is 6.92 Å². The summed E-state index contributed by atoms with van der Waals surface area (Å²) in [5.41, 5.74) is 6.42. The van der Waals surface area contributed by atoms with Gasteiger partial charge in [-0.15, -0.1) is 11.3 Å². The lowest BCUT2D eigenvalue weighted by atomic mass is 10.00. The molecule has 1 aliphatic heterocycles. The molecule has 2 heterocycles. The van der Waals surface area contributed by atoms with Crippen molar-refractivity contribution in [3.63, 3.8) is 0 Å². The van der Waals surface area contributed by atoms with Gasteiger partial charge in [0.15, 0.2) is 0 Å². The fourth-order valence-electron chi connectivity index (χ4n) is 2.32. The van der Waals surface area contributed by atoms with Gasteiger partial charge in [0, 0.05) is 12.6 Å². The molecule has 1 fully saturated rings. The number of hydrogen-bond acceptors (Lipinski definition) is 3. The van der Waals surface area contributed by atoms with E-state index in [4.69, 9.17) is 5.73 Å². The maximum Gasteiger partial charge on any atom is 0.266 e. The number of nitrogens with zero attached hydrogens (tertiary/aromatic N) is 1. The fourth-order valence-corrected chi connectivity index (χ4v) is 3.09. The average Bonchev–Trinajstić information content (AvgIpc) is 2.74. The molecule has 0 bridgehead atoms. The first kappa shape index (κ1) is 11.5. The summed E-state index contributed by atoms with van der Waals surface area (Å²) in [6, 6.07) is 2.21. The summed E-state index contributed by atoms with van der Waals surface area (Å²) >= 11 is 1.45. The molecular weight excluding hydrogens is 220 g/mol. The Hall–Kier alpha value is -1.03. The van der Waals surface area contributed by atoms with Gasteiger partial charge in [-0.05, 0) is 37.1 Å². The highest BCUT2D eigenvalue weighted by atomic mass is 32.1. The van der Waals surface area contributed by atoms with Crippen LogP contribution in [-0.4, -0.2) is 23.4 Å². The quantitative estimate of drug-likeness (QED) is 0.861. The largest absolute Gasteiger partial charge is 0.397 e. The Bertz CT molecular complexity index is 375. The second-order valence-corrected chi connectivity index (χ2v) is 5.18. The standard InChI is InChI=1S/C12H18N2OS/c1-2-9-5-3-4-7-14(9)12(15)11-10(13)6-8-16-11/h6,8-9H,2-5,7,13H2,1H3. The van der Waals surface area contributed by atoms with E-state index in [0.717, 1.165) is 25.8 Å². The SMILES string of the molecule is CCC1CCCCN1C(=O)c1sccc1N. The van der Waals surface area contributed by atoms with Crippen molar-refractivity contribution in [1.82, 2.24) is 4.90 Å². The molecule has 88 valence electrons. The molecule has 1 unspecified atom stereocenters.